The van der Waals surface area contributed by atoms with Crippen molar-refractivity contribution in [1.29, 1.82) is 0 Å². The van der Waals surface area contributed by atoms with Gasteiger partial charge in [0.05, 0.1) is 12.7 Å². The molecule has 1 aliphatic heterocycles. The molecule has 1 aliphatic rings. The number of fused-ring (bicyclic) bond motifs is 1. The van der Waals surface area contributed by atoms with Crippen LogP contribution in [-0.4, -0.2) is 47.0 Å². The lowest BCUT2D eigenvalue weighted by atomic mass is 9.96. The molecule has 2 aromatic carbocycles. The molecule has 2 heterocycles. The Hall–Kier alpha value is -3.42. The van der Waals surface area contributed by atoms with Crippen LogP contribution >= 0.6 is 0 Å². The second-order valence-electron chi connectivity index (χ2n) is 9.28. The Balaban J connectivity index is 1.39. The fourth-order valence-corrected chi connectivity index (χ4v) is 4.09. The molecule has 0 bridgehead atoms. The molecule has 0 aliphatic carbocycles. The van der Waals surface area contributed by atoms with Crippen molar-refractivity contribution in [2.45, 2.75) is 38.9 Å². The smallest absolute Gasteiger partial charge is 0.339 e. The second kappa shape index (κ2) is 11.3. The molecular formula is C28H32N2O5. The summed E-state index contributed by atoms with van der Waals surface area (Å²) in [6, 6.07) is 15.0. The number of aryl methyl sites for hydroxylation is 1. The van der Waals surface area contributed by atoms with Gasteiger partial charge in [-0.2, -0.15) is 0 Å². The maximum atomic E-state index is 11.6. The predicted octanol–water partition coefficient (Wildman–Crippen LogP) is 4.50. The van der Waals surface area contributed by atoms with Crippen molar-refractivity contribution in [3.8, 4) is 22.6 Å². The molecule has 184 valence electrons. The number of ether oxygens (including phenoxy) is 2. The number of hydrogen-bond donors (Lipinski definition) is 3. The SMILES string of the molecule is CC(C)COc1cc(-c2ccc3c(c2)CC[C@@H](CNC[C@H](O)c2cccnc2)O3)ccc1C(=O)O. The molecule has 0 saturated heterocycles. The van der Waals surface area contributed by atoms with E-state index in [0.29, 0.717) is 31.4 Å². The van der Waals surface area contributed by atoms with Crippen molar-refractivity contribution in [3.63, 3.8) is 0 Å². The van der Waals surface area contributed by atoms with Gasteiger partial charge in [0.2, 0.25) is 0 Å². The molecular weight excluding hydrogens is 444 g/mol. The summed E-state index contributed by atoms with van der Waals surface area (Å²) in [5.41, 5.74) is 3.98. The summed E-state index contributed by atoms with van der Waals surface area (Å²) in [5, 5.41) is 23.1. The number of carboxylic acids is 1. The van der Waals surface area contributed by atoms with Crippen molar-refractivity contribution in [2.75, 3.05) is 19.7 Å². The minimum absolute atomic E-state index is 0.0281. The third kappa shape index (κ3) is 6.38. The van der Waals surface area contributed by atoms with Crippen molar-refractivity contribution in [3.05, 3.63) is 77.6 Å². The molecule has 0 fully saturated rings. The van der Waals surface area contributed by atoms with Crippen LogP contribution in [0.4, 0.5) is 0 Å². The molecule has 0 amide bonds. The van der Waals surface area contributed by atoms with Crippen molar-refractivity contribution >= 4 is 5.97 Å². The molecule has 0 spiro atoms. The summed E-state index contributed by atoms with van der Waals surface area (Å²) >= 11 is 0. The maximum absolute atomic E-state index is 11.6. The van der Waals surface area contributed by atoms with Crippen LogP contribution in [0.3, 0.4) is 0 Å². The lowest BCUT2D eigenvalue weighted by Crippen LogP contribution is -2.36. The van der Waals surface area contributed by atoms with E-state index < -0.39 is 12.1 Å². The average Bonchev–Trinajstić information content (AvgIpc) is 2.87. The first-order chi connectivity index (χ1) is 16.9. The minimum Gasteiger partial charge on any atom is -0.492 e. The molecule has 0 saturated carbocycles. The Labute approximate surface area is 205 Å². The lowest BCUT2D eigenvalue weighted by Gasteiger charge is -2.27. The summed E-state index contributed by atoms with van der Waals surface area (Å²) in [4.78, 5) is 15.6. The van der Waals surface area contributed by atoms with Gasteiger partial charge in [-0.1, -0.05) is 32.0 Å². The second-order valence-corrected chi connectivity index (χ2v) is 9.28. The summed E-state index contributed by atoms with van der Waals surface area (Å²) in [6.07, 6.45) is 4.53. The normalized spacial score (nSPS) is 15.8. The van der Waals surface area contributed by atoms with E-state index >= 15 is 0 Å². The van der Waals surface area contributed by atoms with Crippen LogP contribution in [0.1, 0.15) is 47.9 Å². The highest BCUT2D eigenvalue weighted by molar-refractivity contribution is 5.92. The van der Waals surface area contributed by atoms with Crippen LogP contribution in [0.5, 0.6) is 11.5 Å². The zero-order valence-corrected chi connectivity index (χ0v) is 20.1. The molecule has 4 rings (SSSR count). The zero-order chi connectivity index (χ0) is 24.8. The highest BCUT2D eigenvalue weighted by Crippen LogP contribution is 2.34. The molecule has 0 unspecified atom stereocenters. The average molecular weight is 477 g/mol. The third-order valence-corrected chi connectivity index (χ3v) is 5.99. The van der Waals surface area contributed by atoms with Gasteiger partial charge in [-0.05, 0) is 65.8 Å². The van der Waals surface area contributed by atoms with Gasteiger partial charge >= 0.3 is 5.97 Å². The minimum atomic E-state index is -0.998. The first-order valence-corrected chi connectivity index (χ1v) is 12.0. The summed E-state index contributed by atoms with van der Waals surface area (Å²) in [6.45, 7) is 5.59. The van der Waals surface area contributed by atoms with Crippen LogP contribution in [0.25, 0.3) is 11.1 Å². The topological polar surface area (TPSA) is 101 Å². The molecule has 7 nitrogen and oxygen atoms in total. The number of aromatic nitrogens is 1. The van der Waals surface area contributed by atoms with Gasteiger partial charge in [-0.3, -0.25) is 4.98 Å². The van der Waals surface area contributed by atoms with Crippen LogP contribution in [-0.2, 0) is 6.42 Å². The van der Waals surface area contributed by atoms with Crippen molar-refractivity contribution < 1.29 is 24.5 Å². The summed E-state index contributed by atoms with van der Waals surface area (Å²) in [7, 11) is 0. The number of benzene rings is 2. The third-order valence-electron chi connectivity index (χ3n) is 5.99. The zero-order valence-electron chi connectivity index (χ0n) is 20.1. The first-order valence-electron chi connectivity index (χ1n) is 12.0. The van der Waals surface area contributed by atoms with Crippen LogP contribution in [0.2, 0.25) is 0 Å². The number of pyridine rings is 1. The number of hydrogen-bond acceptors (Lipinski definition) is 6. The van der Waals surface area contributed by atoms with Gasteiger partial charge in [0.25, 0.3) is 0 Å². The number of carboxylic acid groups (broad SMARTS) is 1. The van der Waals surface area contributed by atoms with E-state index in [1.54, 1.807) is 24.5 Å². The standard InChI is InChI=1S/C28H32N2O5/c1-18(2)17-34-27-13-20(6-9-24(27)28(32)33)19-7-10-26-21(12-19)5-8-23(35-26)15-30-16-25(31)22-4-3-11-29-14-22/h3-4,6-7,9-14,18,23,25,30-31H,5,8,15-17H2,1-2H3,(H,32,33)/t23-,25-/m0/s1. The molecule has 1 aromatic heterocycles. The number of carbonyl (C=O) groups is 1. The Bertz CT molecular complexity index is 1150. The molecule has 7 heteroatoms. The summed E-state index contributed by atoms with van der Waals surface area (Å²) < 4.78 is 12.0. The van der Waals surface area contributed by atoms with E-state index in [1.165, 1.54) is 0 Å². The van der Waals surface area contributed by atoms with Gasteiger partial charge < -0.3 is 25.0 Å². The van der Waals surface area contributed by atoms with E-state index in [2.05, 4.69) is 16.4 Å². The Morgan fingerprint density at radius 1 is 1.20 bits per heavy atom. The van der Waals surface area contributed by atoms with Crippen LogP contribution < -0.4 is 14.8 Å². The highest BCUT2D eigenvalue weighted by atomic mass is 16.5. The number of aliphatic hydroxyl groups is 1. The number of aliphatic hydroxyl groups excluding tert-OH is 1. The van der Waals surface area contributed by atoms with Crippen molar-refractivity contribution in [2.24, 2.45) is 5.92 Å². The molecule has 2 atom stereocenters. The Morgan fingerprint density at radius 3 is 2.74 bits per heavy atom. The van der Waals surface area contributed by atoms with Gasteiger partial charge in [-0.15, -0.1) is 0 Å². The predicted molar refractivity (Wildman–Crippen MR) is 134 cm³/mol. The van der Waals surface area contributed by atoms with E-state index in [4.69, 9.17) is 9.47 Å². The molecule has 3 aromatic rings. The fraction of sp³-hybridized carbons (Fsp3) is 0.357. The number of nitrogens with one attached hydrogen (secondary N) is 1. The largest absolute Gasteiger partial charge is 0.492 e. The van der Waals surface area contributed by atoms with Crippen LogP contribution in [0, 0.1) is 5.92 Å². The molecule has 35 heavy (non-hydrogen) atoms. The lowest BCUT2D eigenvalue weighted by molar-refractivity contribution is 0.0691. The quantitative estimate of drug-likeness (QED) is 0.396. The number of aromatic carboxylic acids is 1. The van der Waals surface area contributed by atoms with Gasteiger partial charge in [0, 0.05) is 31.0 Å². The van der Waals surface area contributed by atoms with Crippen LogP contribution in [0.15, 0.2) is 60.9 Å². The van der Waals surface area contributed by atoms with E-state index in [-0.39, 0.29) is 11.7 Å². The Morgan fingerprint density at radius 2 is 2.00 bits per heavy atom. The number of nitrogens with zero attached hydrogens (tertiary/aromatic N) is 1. The number of rotatable bonds is 10. The fourth-order valence-electron chi connectivity index (χ4n) is 4.09. The Kier molecular flexibility index (Phi) is 8.00. The van der Waals surface area contributed by atoms with E-state index in [0.717, 1.165) is 40.8 Å². The first kappa shape index (κ1) is 24.7. The molecule has 3 N–H and O–H groups in total. The highest BCUT2D eigenvalue weighted by Gasteiger charge is 2.21. The van der Waals surface area contributed by atoms with Crippen molar-refractivity contribution in [1.82, 2.24) is 10.3 Å². The monoisotopic (exact) mass is 476 g/mol. The van der Waals surface area contributed by atoms with Gasteiger partial charge in [0.1, 0.15) is 23.2 Å². The van der Waals surface area contributed by atoms with E-state index in [1.807, 2.05) is 44.2 Å². The van der Waals surface area contributed by atoms with Gasteiger partial charge in [-0.25, -0.2) is 4.79 Å². The maximum Gasteiger partial charge on any atom is 0.339 e. The van der Waals surface area contributed by atoms with E-state index in [9.17, 15) is 15.0 Å². The van der Waals surface area contributed by atoms with Gasteiger partial charge in [0.15, 0.2) is 0 Å². The molecule has 0 radical (unpaired) electrons. The summed E-state index contributed by atoms with van der Waals surface area (Å²) in [5.74, 6) is 0.541.